The molecule has 0 saturated carbocycles. The van der Waals surface area contributed by atoms with Crippen LogP contribution in [0, 0.1) is 5.41 Å². The number of halogens is 2. The molecule has 0 bridgehead atoms. The Labute approximate surface area is 64.0 Å². The molecule has 0 aromatic rings. The Kier molecular flexibility index (Phi) is 4.49. The highest BCUT2D eigenvalue weighted by Crippen LogP contribution is 2.08. The number of hydrogen-bond acceptors (Lipinski definition) is 2. The fourth-order valence-electron chi connectivity index (χ4n) is 0.628. The maximum atomic E-state index is 12.6. The molecule has 0 saturated heterocycles. The summed E-state index contributed by atoms with van der Waals surface area (Å²) in [5.41, 5.74) is 4.79. The highest BCUT2D eigenvalue weighted by atomic mass is 19.1. The van der Waals surface area contributed by atoms with E-state index in [9.17, 15) is 8.78 Å². The molecule has 0 heterocycles. The van der Waals surface area contributed by atoms with Crippen molar-refractivity contribution < 1.29 is 13.5 Å². The Morgan fingerprint density at radius 2 is 2.27 bits per heavy atom. The van der Waals surface area contributed by atoms with Crippen LogP contribution >= 0.6 is 0 Å². The Morgan fingerprint density at radius 1 is 1.73 bits per heavy atom. The van der Waals surface area contributed by atoms with Crippen molar-refractivity contribution in [1.29, 1.82) is 5.41 Å². The minimum absolute atomic E-state index is 0.155. The number of alkyl halides is 2. The van der Waals surface area contributed by atoms with E-state index in [0.29, 0.717) is 0 Å². The predicted octanol–water partition coefficient (Wildman–Crippen LogP) is 0.983. The van der Waals surface area contributed by atoms with Gasteiger partial charge in [-0.25, -0.2) is 8.78 Å². The van der Waals surface area contributed by atoms with Gasteiger partial charge in [0.15, 0.2) is 6.10 Å². The fourth-order valence-corrected chi connectivity index (χ4v) is 0.628. The monoisotopic (exact) mass is 166 g/mol. The van der Waals surface area contributed by atoms with E-state index in [-0.39, 0.29) is 6.42 Å². The van der Waals surface area contributed by atoms with Gasteiger partial charge in [-0.05, 0) is 6.42 Å². The summed E-state index contributed by atoms with van der Waals surface area (Å²) in [6, 6.07) is -0.649. The first-order valence-electron chi connectivity index (χ1n) is 3.32. The van der Waals surface area contributed by atoms with E-state index in [2.05, 4.69) is 4.74 Å². The summed E-state index contributed by atoms with van der Waals surface area (Å²) in [4.78, 5) is 0. The molecule has 2 atom stereocenters. The third-order valence-electron chi connectivity index (χ3n) is 1.22. The van der Waals surface area contributed by atoms with Crippen LogP contribution in [0.3, 0.4) is 0 Å². The predicted molar refractivity (Wildman–Crippen MR) is 37.9 cm³/mol. The zero-order valence-corrected chi connectivity index (χ0v) is 6.31. The molecule has 11 heavy (non-hydrogen) atoms. The van der Waals surface area contributed by atoms with Gasteiger partial charge in [0, 0.05) is 0 Å². The molecule has 0 spiro atoms. The van der Waals surface area contributed by atoms with Gasteiger partial charge in [0.05, 0.1) is 0 Å². The Balaban J connectivity index is 3.84. The second kappa shape index (κ2) is 4.87. The van der Waals surface area contributed by atoms with Crippen LogP contribution in [0.15, 0.2) is 0 Å². The third-order valence-corrected chi connectivity index (χ3v) is 1.22. The smallest absolute Gasteiger partial charge is 0.279 e. The average Bonchev–Trinajstić information content (AvgIpc) is 1.98. The van der Waals surface area contributed by atoms with E-state index >= 15 is 0 Å². The Morgan fingerprint density at radius 3 is 2.55 bits per heavy atom. The molecule has 66 valence electrons. The van der Waals surface area contributed by atoms with Gasteiger partial charge in [0.1, 0.15) is 12.8 Å². The minimum atomic E-state index is -1.40. The van der Waals surface area contributed by atoms with E-state index < -0.39 is 25.0 Å². The minimum Gasteiger partial charge on any atom is -0.456 e. The lowest BCUT2D eigenvalue weighted by atomic mass is 10.2. The van der Waals surface area contributed by atoms with Gasteiger partial charge < -0.3 is 10.5 Å². The SMILES string of the molecule is CC[C@@H](F)[C@@H](CF)OC(=N)N. The van der Waals surface area contributed by atoms with Gasteiger partial charge >= 0.3 is 0 Å². The number of nitrogens with one attached hydrogen (secondary N) is 1. The Bertz CT molecular complexity index is 132. The number of rotatable bonds is 4. The number of hydrogen-bond donors (Lipinski definition) is 2. The summed E-state index contributed by atoms with van der Waals surface area (Å²) in [6.45, 7) is 0.603. The molecule has 0 fully saturated rings. The maximum absolute atomic E-state index is 12.6. The van der Waals surface area contributed by atoms with Crippen LogP contribution in [0.4, 0.5) is 8.78 Å². The molecular formula is C6H12F2N2O. The van der Waals surface area contributed by atoms with E-state index in [4.69, 9.17) is 11.1 Å². The van der Waals surface area contributed by atoms with Crippen LogP contribution in [-0.2, 0) is 4.74 Å². The molecule has 0 radical (unpaired) electrons. The number of nitrogens with two attached hydrogens (primary N) is 1. The zero-order chi connectivity index (χ0) is 8.85. The largest absolute Gasteiger partial charge is 0.456 e. The van der Waals surface area contributed by atoms with Crippen LogP contribution in [-0.4, -0.2) is 25.0 Å². The van der Waals surface area contributed by atoms with Crippen molar-refractivity contribution >= 4 is 6.02 Å². The molecule has 0 aliphatic heterocycles. The molecule has 3 N–H and O–H groups in total. The lowest BCUT2D eigenvalue weighted by Gasteiger charge is -2.16. The quantitative estimate of drug-likeness (QED) is 0.483. The van der Waals surface area contributed by atoms with E-state index in [0.717, 1.165) is 0 Å². The van der Waals surface area contributed by atoms with Crippen LogP contribution in [0.1, 0.15) is 13.3 Å². The number of ether oxygens (including phenoxy) is 1. The zero-order valence-electron chi connectivity index (χ0n) is 6.31. The molecule has 3 nitrogen and oxygen atoms in total. The molecule has 0 amide bonds. The molecule has 0 aromatic carbocycles. The van der Waals surface area contributed by atoms with Crippen LogP contribution in [0.5, 0.6) is 0 Å². The topological polar surface area (TPSA) is 59.1 Å². The summed E-state index contributed by atoms with van der Waals surface area (Å²) < 4.78 is 28.9. The van der Waals surface area contributed by atoms with Crippen LogP contribution in [0.25, 0.3) is 0 Å². The van der Waals surface area contributed by atoms with Crippen LogP contribution in [0.2, 0.25) is 0 Å². The van der Waals surface area contributed by atoms with Crippen LogP contribution < -0.4 is 5.73 Å². The molecule has 0 rings (SSSR count). The normalized spacial score (nSPS) is 15.5. The molecule has 0 aliphatic carbocycles. The second-order valence-corrected chi connectivity index (χ2v) is 2.10. The first-order chi connectivity index (χ1) is 5.11. The lowest BCUT2D eigenvalue weighted by Crippen LogP contribution is -2.32. The first-order valence-corrected chi connectivity index (χ1v) is 3.32. The Hall–Kier alpha value is -0.870. The van der Waals surface area contributed by atoms with Gasteiger partial charge in [-0.2, -0.15) is 0 Å². The number of amidine groups is 1. The molecule has 0 aromatic heterocycles. The van der Waals surface area contributed by atoms with Gasteiger partial charge in [-0.1, -0.05) is 6.92 Å². The highest BCUT2D eigenvalue weighted by molar-refractivity contribution is 5.67. The maximum Gasteiger partial charge on any atom is 0.279 e. The van der Waals surface area contributed by atoms with E-state index in [1.165, 1.54) is 0 Å². The van der Waals surface area contributed by atoms with Gasteiger partial charge in [-0.15, -0.1) is 0 Å². The summed E-state index contributed by atoms with van der Waals surface area (Å²) in [7, 11) is 0. The van der Waals surface area contributed by atoms with E-state index in [1.54, 1.807) is 6.92 Å². The summed E-state index contributed by atoms with van der Waals surface area (Å²) in [6.07, 6.45) is -2.47. The summed E-state index contributed by atoms with van der Waals surface area (Å²) in [5.74, 6) is 0. The van der Waals surface area contributed by atoms with Crippen molar-refractivity contribution in [2.45, 2.75) is 25.6 Å². The average molecular weight is 166 g/mol. The molecular weight excluding hydrogens is 154 g/mol. The molecule has 0 aliphatic rings. The van der Waals surface area contributed by atoms with Gasteiger partial charge in [-0.3, -0.25) is 5.41 Å². The van der Waals surface area contributed by atoms with Crippen molar-refractivity contribution in [2.75, 3.05) is 6.67 Å². The lowest BCUT2D eigenvalue weighted by molar-refractivity contribution is 0.0626. The first kappa shape index (κ1) is 10.1. The molecule has 5 heteroatoms. The third kappa shape index (κ3) is 3.75. The van der Waals surface area contributed by atoms with Crippen molar-refractivity contribution in [3.8, 4) is 0 Å². The standard InChI is InChI=1S/C6H12F2N2O/c1-2-4(8)5(3-7)11-6(9)10/h4-5H,2-3H2,1H3,(H3,9,10)/t4-,5-/m1/s1. The van der Waals surface area contributed by atoms with Crippen molar-refractivity contribution in [2.24, 2.45) is 5.73 Å². The second-order valence-electron chi connectivity index (χ2n) is 2.10. The van der Waals surface area contributed by atoms with Gasteiger partial charge in [0.2, 0.25) is 0 Å². The van der Waals surface area contributed by atoms with Crippen molar-refractivity contribution in [1.82, 2.24) is 0 Å². The molecule has 0 unspecified atom stereocenters. The van der Waals surface area contributed by atoms with Gasteiger partial charge in [0.25, 0.3) is 6.02 Å². The fraction of sp³-hybridized carbons (Fsp3) is 0.833. The summed E-state index contributed by atoms with van der Waals surface area (Å²) in [5, 5.41) is 6.62. The summed E-state index contributed by atoms with van der Waals surface area (Å²) >= 11 is 0. The van der Waals surface area contributed by atoms with Crippen molar-refractivity contribution in [3.05, 3.63) is 0 Å². The van der Waals surface area contributed by atoms with Crippen molar-refractivity contribution in [3.63, 3.8) is 0 Å². The highest BCUT2D eigenvalue weighted by Gasteiger charge is 2.21. The van der Waals surface area contributed by atoms with E-state index in [1.807, 2.05) is 0 Å².